The lowest BCUT2D eigenvalue weighted by Crippen LogP contribution is -2.44. The third kappa shape index (κ3) is 4.54. The number of nitrogens with one attached hydrogen (secondary N) is 1. The minimum Gasteiger partial charge on any atom is -0.368 e. The molecule has 0 aliphatic carbocycles. The van der Waals surface area contributed by atoms with Gasteiger partial charge in [-0.25, -0.2) is 14.6 Å². The number of imide groups is 1. The molecule has 2 aliphatic heterocycles. The van der Waals surface area contributed by atoms with Gasteiger partial charge in [0, 0.05) is 65.5 Å². The fourth-order valence-corrected chi connectivity index (χ4v) is 7.71. The molecule has 0 bridgehead atoms. The molecule has 47 heavy (non-hydrogen) atoms. The third-order valence-electron chi connectivity index (χ3n) is 8.98. The second kappa shape index (κ2) is 11.0. The molecule has 4 heterocycles. The van der Waals surface area contributed by atoms with E-state index in [1.165, 1.54) is 4.90 Å². The van der Waals surface area contributed by atoms with E-state index < -0.39 is 0 Å². The smallest absolute Gasteiger partial charge is 0.265 e. The van der Waals surface area contributed by atoms with Crippen LogP contribution in [0.15, 0.2) is 115 Å². The van der Waals surface area contributed by atoms with Gasteiger partial charge in [0.1, 0.15) is 10.7 Å². The molecule has 7 aromatic rings. The monoisotopic (exact) mass is 632 g/mol. The largest absolute Gasteiger partial charge is 0.368 e. The van der Waals surface area contributed by atoms with Crippen LogP contribution >= 0.6 is 11.3 Å². The van der Waals surface area contributed by atoms with E-state index in [1.54, 1.807) is 11.3 Å². The van der Waals surface area contributed by atoms with Crippen molar-refractivity contribution < 1.29 is 9.59 Å². The van der Waals surface area contributed by atoms with Crippen LogP contribution in [0.1, 0.15) is 20.7 Å². The number of carbonyl (C=O) groups is 2. The Morgan fingerprint density at radius 2 is 1.45 bits per heavy atom. The van der Waals surface area contributed by atoms with Crippen LogP contribution in [0.3, 0.4) is 0 Å². The highest BCUT2D eigenvalue weighted by molar-refractivity contribution is 7.21. The Kier molecular flexibility index (Phi) is 6.48. The van der Waals surface area contributed by atoms with Crippen molar-refractivity contribution in [1.82, 2.24) is 20.1 Å². The zero-order chi connectivity index (χ0) is 31.5. The summed E-state index contributed by atoms with van der Waals surface area (Å²) < 4.78 is 2.94. The predicted octanol–water partition coefficient (Wildman–Crippen LogP) is 7.18. The van der Waals surface area contributed by atoms with E-state index in [-0.39, 0.29) is 11.8 Å². The van der Waals surface area contributed by atoms with Crippen LogP contribution in [-0.2, 0) is 0 Å². The predicted molar refractivity (Wildman–Crippen MR) is 188 cm³/mol. The molecule has 9 rings (SSSR count). The Balaban J connectivity index is 1.15. The van der Waals surface area contributed by atoms with Gasteiger partial charge in [0.05, 0.1) is 27.2 Å². The number of hydrogen-bond donors (Lipinski definition) is 1. The van der Waals surface area contributed by atoms with Crippen molar-refractivity contribution in [3.05, 3.63) is 127 Å². The van der Waals surface area contributed by atoms with Crippen molar-refractivity contribution >= 4 is 55.5 Å². The van der Waals surface area contributed by atoms with E-state index in [1.807, 2.05) is 114 Å². The molecule has 8 nitrogen and oxygen atoms in total. The highest BCUT2D eigenvalue weighted by Crippen LogP contribution is 2.40. The Morgan fingerprint density at radius 3 is 2.28 bits per heavy atom. The van der Waals surface area contributed by atoms with Crippen LogP contribution in [0.4, 0.5) is 11.4 Å². The summed E-state index contributed by atoms with van der Waals surface area (Å²) in [7, 11) is 0. The van der Waals surface area contributed by atoms with Gasteiger partial charge in [-0.3, -0.25) is 9.59 Å². The van der Waals surface area contributed by atoms with Gasteiger partial charge in [-0.15, -0.1) is 11.3 Å². The SMILES string of the molecule is O=C1c2cccc3c(N4CCNCC4)ccc(c23)C(=O)N1c1cccc(-c2nn(-c3ccccc3)cc2-c2nc3ccccc3s2)c1. The topological polar surface area (TPSA) is 83.4 Å². The lowest BCUT2D eigenvalue weighted by Gasteiger charge is -2.33. The second-order valence-electron chi connectivity index (χ2n) is 11.8. The van der Waals surface area contributed by atoms with Crippen molar-refractivity contribution in [1.29, 1.82) is 0 Å². The molecule has 5 aromatic carbocycles. The summed E-state index contributed by atoms with van der Waals surface area (Å²) in [5.74, 6) is -0.659. The first-order chi connectivity index (χ1) is 23.1. The zero-order valence-electron chi connectivity index (χ0n) is 25.3. The molecule has 2 amide bonds. The zero-order valence-corrected chi connectivity index (χ0v) is 26.1. The van der Waals surface area contributed by atoms with Crippen LogP contribution in [-0.4, -0.2) is 52.8 Å². The molecule has 0 radical (unpaired) electrons. The second-order valence-corrected chi connectivity index (χ2v) is 12.8. The molecule has 2 aliphatic rings. The fraction of sp³-hybridized carbons (Fsp3) is 0.105. The molecule has 0 saturated carbocycles. The van der Waals surface area contributed by atoms with Gasteiger partial charge in [0.25, 0.3) is 11.8 Å². The Hall–Kier alpha value is -5.64. The molecule has 0 spiro atoms. The molecule has 2 aromatic heterocycles. The molecule has 1 N–H and O–H groups in total. The average molecular weight is 633 g/mol. The molecule has 9 heteroatoms. The minimum atomic E-state index is -0.330. The van der Waals surface area contributed by atoms with Crippen LogP contribution in [0.2, 0.25) is 0 Å². The van der Waals surface area contributed by atoms with Crippen molar-refractivity contribution in [3.8, 4) is 27.5 Å². The van der Waals surface area contributed by atoms with Gasteiger partial charge in [-0.1, -0.05) is 54.6 Å². The summed E-state index contributed by atoms with van der Waals surface area (Å²) >= 11 is 1.61. The van der Waals surface area contributed by atoms with E-state index >= 15 is 0 Å². The lowest BCUT2D eigenvalue weighted by molar-refractivity contribution is 0.0893. The average Bonchev–Trinajstić information content (AvgIpc) is 3.77. The molecule has 228 valence electrons. The number of carbonyl (C=O) groups excluding carboxylic acids is 2. The molecule has 1 saturated heterocycles. The van der Waals surface area contributed by atoms with Crippen molar-refractivity contribution in [2.75, 3.05) is 36.0 Å². The number of para-hydroxylation sites is 2. The number of thiazole rings is 1. The summed E-state index contributed by atoms with van der Waals surface area (Å²) in [5.41, 5.74) is 6.83. The Morgan fingerprint density at radius 1 is 0.702 bits per heavy atom. The van der Waals surface area contributed by atoms with Gasteiger partial charge >= 0.3 is 0 Å². The fourth-order valence-electron chi connectivity index (χ4n) is 6.73. The van der Waals surface area contributed by atoms with Gasteiger partial charge < -0.3 is 10.2 Å². The first-order valence-electron chi connectivity index (χ1n) is 15.7. The minimum absolute atomic E-state index is 0.330. The maximum atomic E-state index is 14.2. The van der Waals surface area contributed by atoms with Crippen LogP contribution in [0, 0.1) is 0 Å². The quantitative estimate of drug-likeness (QED) is 0.203. The van der Waals surface area contributed by atoms with Crippen molar-refractivity contribution in [2.45, 2.75) is 0 Å². The standard InChI is InChI=1S/C38H28N6O2S/c45-37-28-13-7-12-27-32(42-20-18-39-19-21-42)17-16-29(34(27)28)38(46)44(37)26-11-6-8-24(22-26)35-30(23-43(41-35)25-9-2-1-3-10-25)36-40-31-14-4-5-15-33(31)47-36/h1-17,22-23,39H,18-21H2. The summed E-state index contributed by atoms with van der Waals surface area (Å²) in [6.07, 6.45) is 2.00. The van der Waals surface area contributed by atoms with Crippen molar-refractivity contribution in [2.24, 2.45) is 0 Å². The number of benzene rings is 5. The van der Waals surface area contributed by atoms with Crippen LogP contribution in [0.25, 0.3) is 48.5 Å². The van der Waals surface area contributed by atoms with E-state index in [2.05, 4.69) is 16.3 Å². The molecular formula is C38H28N6O2S. The number of amides is 2. The number of hydrogen-bond acceptors (Lipinski definition) is 7. The number of anilines is 2. The van der Waals surface area contributed by atoms with Gasteiger partial charge in [0.2, 0.25) is 0 Å². The third-order valence-corrected chi connectivity index (χ3v) is 10.0. The normalized spacial score (nSPS) is 14.8. The van der Waals surface area contributed by atoms with Crippen molar-refractivity contribution in [3.63, 3.8) is 0 Å². The van der Waals surface area contributed by atoms with E-state index in [0.29, 0.717) is 16.8 Å². The Labute approximate surface area is 274 Å². The maximum Gasteiger partial charge on any atom is 0.265 e. The number of rotatable bonds is 5. The summed E-state index contributed by atoms with van der Waals surface area (Å²) in [6.45, 7) is 3.54. The Bertz CT molecular complexity index is 2300. The van der Waals surface area contributed by atoms with Gasteiger partial charge in [-0.05, 0) is 54.6 Å². The first-order valence-corrected chi connectivity index (χ1v) is 16.5. The van der Waals surface area contributed by atoms with E-state index in [9.17, 15) is 9.59 Å². The maximum absolute atomic E-state index is 14.2. The lowest BCUT2D eigenvalue weighted by atomic mass is 9.92. The van der Waals surface area contributed by atoms with Gasteiger partial charge in [0.15, 0.2) is 0 Å². The number of nitrogens with zero attached hydrogens (tertiary/aromatic N) is 5. The van der Waals surface area contributed by atoms with Crippen LogP contribution in [0.5, 0.6) is 0 Å². The number of piperazine rings is 1. The summed E-state index contributed by atoms with van der Waals surface area (Å²) in [4.78, 5) is 36.9. The highest BCUT2D eigenvalue weighted by atomic mass is 32.1. The molecule has 1 fully saturated rings. The number of fused-ring (bicyclic) bond motifs is 1. The first kappa shape index (κ1) is 27.7. The molecular weight excluding hydrogens is 605 g/mol. The summed E-state index contributed by atoms with van der Waals surface area (Å²) in [5, 5.41) is 10.9. The highest BCUT2D eigenvalue weighted by Gasteiger charge is 2.35. The van der Waals surface area contributed by atoms with Crippen LogP contribution < -0.4 is 15.1 Å². The molecule has 0 unspecified atom stereocenters. The van der Waals surface area contributed by atoms with E-state index in [4.69, 9.17) is 10.1 Å². The van der Waals surface area contributed by atoms with E-state index in [0.717, 1.165) is 80.4 Å². The van der Waals surface area contributed by atoms with Gasteiger partial charge in [-0.2, -0.15) is 5.10 Å². The number of aromatic nitrogens is 3. The molecule has 0 atom stereocenters. The summed E-state index contributed by atoms with van der Waals surface area (Å²) in [6, 6.07) is 35.2.